The molecule has 5 rings (SSSR count). The number of anilines is 4. The fourth-order valence-electron chi connectivity index (χ4n) is 5.59. The second-order valence-corrected chi connectivity index (χ2v) is 10.6. The van der Waals surface area contributed by atoms with Gasteiger partial charge in [0.2, 0.25) is 17.7 Å². The van der Waals surface area contributed by atoms with E-state index in [-0.39, 0.29) is 29.7 Å². The molecule has 0 unspecified atom stereocenters. The second-order valence-electron chi connectivity index (χ2n) is 10.6. The number of hydrogen-bond donors (Lipinski definition) is 4. The Morgan fingerprint density at radius 2 is 1.83 bits per heavy atom. The number of nitrogens with zero attached hydrogens (tertiary/aromatic N) is 1. The van der Waals surface area contributed by atoms with E-state index < -0.39 is 23.5 Å². The highest BCUT2D eigenvalue weighted by Crippen LogP contribution is 2.36. The lowest BCUT2D eigenvalue weighted by atomic mass is 9.80. The number of pyridine rings is 1. The number of hydrogen-bond acceptors (Lipinski definition) is 5. The topological polar surface area (TPSA) is 129 Å². The number of fused-ring (bicyclic) bond motifs is 1. The molecular weight excluding hydrogens is 525 g/mol. The van der Waals surface area contributed by atoms with Gasteiger partial charge < -0.3 is 21.3 Å². The monoisotopic (exact) mass is 557 g/mol. The minimum Gasteiger partial charge on any atom is -0.326 e. The summed E-state index contributed by atoms with van der Waals surface area (Å²) in [5.41, 5.74) is 2.67. The molecule has 1 aliphatic heterocycles. The molecule has 41 heavy (non-hydrogen) atoms. The molecule has 0 bridgehead atoms. The molecule has 1 aromatic heterocycles. The average molecular weight is 558 g/mol. The zero-order chi connectivity index (χ0) is 28.9. The van der Waals surface area contributed by atoms with Crippen molar-refractivity contribution >= 4 is 46.5 Å². The predicted octanol–water partition coefficient (Wildman–Crippen LogP) is 5.62. The maximum Gasteiger partial charge on any atom is 0.256 e. The largest absolute Gasteiger partial charge is 0.326 e. The number of carbonyl (C=O) groups excluding carboxylic acids is 4. The van der Waals surface area contributed by atoms with Gasteiger partial charge in [0, 0.05) is 35.6 Å². The lowest BCUT2D eigenvalue weighted by Crippen LogP contribution is -2.26. The van der Waals surface area contributed by atoms with Gasteiger partial charge in [-0.2, -0.15) is 0 Å². The summed E-state index contributed by atoms with van der Waals surface area (Å²) in [6, 6.07) is 12.6. The molecule has 1 fully saturated rings. The third kappa shape index (κ3) is 6.77. The Balaban J connectivity index is 1.41. The molecule has 2 aliphatic rings. The van der Waals surface area contributed by atoms with Gasteiger partial charge in [0.15, 0.2) is 0 Å². The van der Waals surface area contributed by atoms with Gasteiger partial charge in [-0.25, -0.2) is 9.37 Å². The Labute approximate surface area is 237 Å². The molecule has 0 spiro atoms. The summed E-state index contributed by atoms with van der Waals surface area (Å²) >= 11 is 0. The summed E-state index contributed by atoms with van der Waals surface area (Å²) in [5.74, 6) is -1.93. The van der Waals surface area contributed by atoms with E-state index in [1.54, 1.807) is 36.5 Å². The first-order chi connectivity index (χ1) is 19.8. The van der Waals surface area contributed by atoms with E-state index in [9.17, 15) is 23.6 Å². The van der Waals surface area contributed by atoms with Crippen LogP contribution in [0.2, 0.25) is 0 Å². The van der Waals surface area contributed by atoms with Crippen molar-refractivity contribution in [3.63, 3.8) is 0 Å². The summed E-state index contributed by atoms with van der Waals surface area (Å²) in [6.07, 6.45) is 7.78. The van der Waals surface area contributed by atoms with Gasteiger partial charge in [-0.3, -0.25) is 19.2 Å². The van der Waals surface area contributed by atoms with Crippen molar-refractivity contribution in [2.75, 3.05) is 21.3 Å². The third-order valence-electron chi connectivity index (χ3n) is 7.60. The van der Waals surface area contributed by atoms with Crippen molar-refractivity contribution in [2.45, 2.75) is 57.8 Å². The van der Waals surface area contributed by atoms with Crippen LogP contribution < -0.4 is 21.3 Å². The molecule has 0 radical (unpaired) electrons. The molecule has 2 heterocycles. The summed E-state index contributed by atoms with van der Waals surface area (Å²) in [4.78, 5) is 54.7. The Hall–Kier alpha value is -4.60. The highest BCUT2D eigenvalue weighted by atomic mass is 19.1. The van der Waals surface area contributed by atoms with E-state index in [2.05, 4.69) is 26.3 Å². The SMILES string of the molecule is CC(=O)Nc1cc(NC(=O)[C@@H](CC2CCCCC2)c2cccnc2NC(=O)c2ccc3c(c2)NC(=O)C3)ccc1F. The first-order valence-electron chi connectivity index (χ1n) is 13.8. The lowest BCUT2D eigenvalue weighted by Gasteiger charge is -2.27. The molecule has 3 aromatic rings. The number of aromatic nitrogens is 1. The Kier molecular flexibility index (Phi) is 8.37. The molecule has 2 aromatic carbocycles. The van der Waals surface area contributed by atoms with Crippen LogP contribution in [-0.2, 0) is 20.8 Å². The molecule has 9 nitrogen and oxygen atoms in total. The van der Waals surface area contributed by atoms with Crippen LogP contribution in [-0.4, -0.2) is 28.6 Å². The zero-order valence-corrected chi connectivity index (χ0v) is 22.8. The maximum absolute atomic E-state index is 14.2. The molecule has 212 valence electrons. The fraction of sp³-hybridized carbons (Fsp3) is 0.323. The molecule has 4 N–H and O–H groups in total. The van der Waals surface area contributed by atoms with E-state index >= 15 is 0 Å². The number of halogens is 1. The van der Waals surface area contributed by atoms with Crippen LogP contribution in [0.25, 0.3) is 0 Å². The van der Waals surface area contributed by atoms with Crippen LogP contribution in [0.1, 0.15) is 72.9 Å². The van der Waals surface area contributed by atoms with Gasteiger partial charge in [-0.1, -0.05) is 44.2 Å². The van der Waals surface area contributed by atoms with E-state index in [0.29, 0.717) is 34.8 Å². The molecule has 0 saturated heterocycles. The first kappa shape index (κ1) is 27.9. The zero-order valence-electron chi connectivity index (χ0n) is 22.8. The van der Waals surface area contributed by atoms with Crippen molar-refractivity contribution in [2.24, 2.45) is 5.92 Å². The summed E-state index contributed by atoms with van der Waals surface area (Å²) in [7, 11) is 0. The summed E-state index contributed by atoms with van der Waals surface area (Å²) in [5, 5.41) is 10.9. The lowest BCUT2D eigenvalue weighted by molar-refractivity contribution is -0.118. The van der Waals surface area contributed by atoms with Crippen molar-refractivity contribution in [1.82, 2.24) is 4.98 Å². The van der Waals surface area contributed by atoms with Crippen LogP contribution in [0.3, 0.4) is 0 Å². The van der Waals surface area contributed by atoms with E-state index in [1.165, 1.54) is 31.5 Å². The Bertz CT molecular complexity index is 1500. The van der Waals surface area contributed by atoms with E-state index in [1.807, 2.05) is 0 Å². The van der Waals surface area contributed by atoms with Crippen molar-refractivity contribution in [1.29, 1.82) is 0 Å². The molecule has 1 saturated carbocycles. The van der Waals surface area contributed by atoms with Crippen LogP contribution in [0.5, 0.6) is 0 Å². The maximum atomic E-state index is 14.2. The highest BCUT2D eigenvalue weighted by molar-refractivity contribution is 6.07. The standard InChI is InChI=1S/C31H32FN5O4/c1-18(38)34-27-17-22(11-12-25(27)32)35-31(41)24(14-19-6-3-2-4-7-19)23-8-5-13-33-29(23)37-30(40)21-10-9-20-16-28(39)36-26(20)15-21/h5,8-13,15,17,19,24H,2-4,6-7,14,16H2,1H3,(H,34,38)(H,35,41)(H,36,39)(H,33,37,40)/t24-/m0/s1. The Morgan fingerprint density at radius 3 is 2.61 bits per heavy atom. The molecule has 1 aliphatic carbocycles. The number of amides is 4. The normalized spacial score (nSPS) is 15.4. The average Bonchev–Trinajstić information content (AvgIpc) is 3.33. The first-order valence-corrected chi connectivity index (χ1v) is 13.8. The number of nitrogens with one attached hydrogen (secondary N) is 4. The van der Waals surface area contributed by atoms with Crippen LogP contribution in [0.4, 0.5) is 27.3 Å². The molecular formula is C31H32FN5O4. The summed E-state index contributed by atoms with van der Waals surface area (Å²) in [6.45, 7) is 1.28. The van der Waals surface area contributed by atoms with E-state index in [0.717, 1.165) is 31.2 Å². The van der Waals surface area contributed by atoms with Crippen molar-refractivity contribution in [3.8, 4) is 0 Å². The molecule has 1 atom stereocenters. The molecule has 10 heteroatoms. The van der Waals surface area contributed by atoms with Crippen molar-refractivity contribution < 1.29 is 23.6 Å². The van der Waals surface area contributed by atoms with E-state index in [4.69, 9.17) is 0 Å². The van der Waals surface area contributed by atoms with Gasteiger partial charge >= 0.3 is 0 Å². The Morgan fingerprint density at radius 1 is 1.02 bits per heavy atom. The van der Waals surface area contributed by atoms with Gasteiger partial charge in [0.05, 0.1) is 18.0 Å². The van der Waals surface area contributed by atoms with Gasteiger partial charge in [0.1, 0.15) is 11.6 Å². The quantitative estimate of drug-likeness (QED) is 0.286. The van der Waals surface area contributed by atoms with Gasteiger partial charge in [-0.05, 0) is 54.3 Å². The number of carbonyl (C=O) groups is 4. The predicted molar refractivity (Wildman–Crippen MR) is 154 cm³/mol. The highest BCUT2D eigenvalue weighted by Gasteiger charge is 2.29. The van der Waals surface area contributed by atoms with Crippen LogP contribution >= 0.6 is 0 Å². The van der Waals surface area contributed by atoms with Gasteiger partial charge in [-0.15, -0.1) is 0 Å². The van der Waals surface area contributed by atoms with Gasteiger partial charge in [0.25, 0.3) is 5.91 Å². The summed E-state index contributed by atoms with van der Waals surface area (Å²) < 4.78 is 14.2. The third-order valence-corrected chi connectivity index (χ3v) is 7.60. The number of rotatable bonds is 8. The van der Waals surface area contributed by atoms with Crippen LogP contribution in [0, 0.1) is 11.7 Å². The fourth-order valence-corrected chi connectivity index (χ4v) is 5.59. The minimum atomic E-state index is -0.643. The second kappa shape index (κ2) is 12.3. The smallest absolute Gasteiger partial charge is 0.256 e. The number of benzene rings is 2. The minimum absolute atomic E-state index is 0.0287. The molecule has 4 amide bonds. The van der Waals surface area contributed by atoms with Crippen molar-refractivity contribution in [3.05, 3.63) is 77.2 Å². The van der Waals surface area contributed by atoms with Crippen LogP contribution in [0.15, 0.2) is 54.7 Å².